The van der Waals surface area contributed by atoms with Crippen molar-refractivity contribution < 1.29 is 4.74 Å². The minimum atomic E-state index is 0.458. The second-order valence-electron chi connectivity index (χ2n) is 17.6. The average Bonchev–Trinajstić information content (AvgIpc) is 3.36. The molecular weight excluding hydrogens is 534 g/mol. The zero-order valence-corrected chi connectivity index (χ0v) is 30.9. The average molecular weight is 613 g/mol. The van der Waals surface area contributed by atoms with Crippen LogP contribution in [0.1, 0.15) is 202 Å². The van der Waals surface area contributed by atoms with E-state index in [-0.39, 0.29) is 0 Å². The van der Waals surface area contributed by atoms with Crippen LogP contribution in [-0.4, -0.2) is 12.7 Å². The first-order chi connectivity index (χ1) is 21.3. The Hall–Kier alpha value is -0.300. The molecule has 0 aliphatic heterocycles. The Morgan fingerprint density at radius 2 is 1.39 bits per heavy atom. The van der Waals surface area contributed by atoms with Crippen LogP contribution in [0.25, 0.3) is 0 Å². The van der Waals surface area contributed by atoms with E-state index in [1.54, 1.807) is 5.57 Å². The molecule has 0 aromatic carbocycles. The maximum atomic E-state index is 6.55. The van der Waals surface area contributed by atoms with Crippen molar-refractivity contribution >= 4 is 0 Å². The maximum Gasteiger partial charge on any atom is 0.0612 e. The van der Waals surface area contributed by atoms with Gasteiger partial charge in [0.05, 0.1) is 6.10 Å². The van der Waals surface area contributed by atoms with Crippen LogP contribution in [0.15, 0.2) is 11.6 Å². The molecule has 8 atom stereocenters. The monoisotopic (exact) mass is 613 g/mol. The first-order valence-electron chi connectivity index (χ1n) is 20.6. The molecule has 3 fully saturated rings. The molecule has 4 aliphatic carbocycles. The second kappa shape index (κ2) is 18.3. The standard InChI is InChI=1S/C43H78O/c1-7-8-9-10-11-12-13-14-15-16-17-18-19-20-32-44-37-28-30-42(5)36(33-37)24-25-38-40-27-26-39(35(4)23-21-22-34(2)3)43(40,6)31-29-41(38)42/h24,34-35,37-41H,7-23,25-33H2,1-6H3/t35-,37+,38+,39-,40+,41+,42+,43-/m1/s1/i39+2. The van der Waals surface area contributed by atoms with Gasteiger partial charge in [-0.3, -0.25) is 0 Å². The van der Waals surface area contributed by atoms with E-state index in [1.165, 1.54) is 161 Å². The Bertz CT molecular complexity index is 827. The SMILES string of the molecule is CCCCCCCCCCCCCCCCO[C@H]1CC[C@@]2(C)C(=CC[C@@H]3[C@@H]2CC[C@@]2(C)[C@H]3CC[14C@@H]2[C@H](C)CCCC(C)C)C1. The van der Waals surface area contributed by atoms with Gasteiger partial charge in [-0.1, -0.05) is 156 Å². The zero-order valence-electron chi connectivity index (χ0n) is 30.9. The fourth-order valence-corrected chi connectivity index (χ4v) is 11.3. The molecule has 0 heterocycles. The lowest BCUT2D eigenvalue weighted by molar-refractivity contribution is -0.0641. The highest BCUT2D eigenvalue weighted by atomic mass is 16.5. The molecule has 0 radical (unpaired) electrons. The molecule has 0 bridgehead atoms. The molecule has 0 aromatic rings. The van der Waals surface area contributed by atoms with Gasteiger partial charge in [0, 0.05) is 6.61 Å². The highest BCUT2D eigenvalue weighted by Crippen LogP contribution is 2.67. The van der Waals surface area contributed by atoms with Crippen molar-refractivity contribution in [3.8, 4) is 0 Å². The molecule has 0 amide bonds. The Morgan fingerprint density at radius 3 is 2.02 bits per heavy atom. The summed E-state index contributed by atoms with van der Waals surface area (Å²) in [5, 5.41) is 0. The van der Waals surface area contributed by atoms with Crippen LogP contribution in [0.5, 0.6) is 0 Å². The van der Waals surface area contributed by atoms with Gasteiger partial charge in [0.15, 0.2) is 0 Å². The van der Waals surface area contributed by atoms with Crippen LogP contribution in [0.3, 0.4) is 0 Å². The summed E-state index contributed by atoms with van der Waals surface area (Å²) in [7, 11) is 0. The summed E-state index contributed by atoms with van der Waals surface area (Å²) in [6.45, 7) is 16.1. The van der Waals surface area contributed by atoms with Crippen LogP contribution in [0, 0.1) is 46.3 Å². The van der Waals surface area contributed by atoms with Crippen molar-refractivity contribution in [2.24, 2.45) is 46.3 Å². The Kier molecular flexibility index (Phi) is 15.2. The molecule has 256 valence electrons. The molecule has 0 aromatic heterocycles. The van der Waals surface area contributed by atoms with Crippen molar-refractivity contribution in [1.29, 1.82) is 0 Å². The summed E-state index contributed by atoms with van der Waals surface area (Å²) < 4.78 is 6.55. The smallest absolute Gasteiger partial charge is 0.0612 e. The van der Waals surface area contributed by atoms with Crippen LogP contribution in [0.4, 0.5) is 0 Å². The summed E-state index contributed by atoms with van der Waals surface area (Å²) in [6.07, 6.45) is 38.8. The molecular formula is C43H78O. The van der Waals surface area contributed by atoms with E-state index in [1.807, 2.05) is 0 Å². The molecule has 0 unspecified atom stereocenters. The van der Waals surface area contributed by atoms with E-state index in [2.05, 4.69) is 47.6 Å². The maximum absolute atomic E-state index is 6.55. The van der Waals surface area contributed by atoms with Gasteiger partial charge in [0.25, 0.3) is 0 Å². The van der Waals surface area contributed by atoms with Crippen molar-refractivity contribution in [1.82, 2.24) is 0 Å². The topological polar surface area (TPSA) is 9.23 Å². The number of ether oxygens (including phenoxy) is 1. The lowest BCUT2D eigenvalue weighted by Crippen LogP contribution is -2.51. The van der Waals surface area contributed by atoms with E-state index >= 15 is 0 Å². The van der Waals surface area contributed by atoms with E-state index < -0.39 is 0 Å². The Labute approximate surface area is 276 Å². The van der Waals surface area contributed by atoms with Gasteiger partial charge in [-0.15, -0.1) is 0 Å². The highest BCUT2D eigenvalue weighted by molar-refractivity contribution is 5.25. The molecule has 0 N–H and O–H groups in total. The van der Waals surface area contributed by atoms with E-state index in [0.29, 0.717) is 16.9 Å². The summed E-state index contributed by atoms with van der Waals surface area (Å²) >= 11 is 0. The normalized spacial score (nSPS) is 34.0. The van der Waals surface area contributed by atoms with E-state index in [0.717, 1.165) is 42.1 Å². The van der Waals surface area contributed by atoms with Gasteiger partial charge in [0.1, 0.15) is 0 Å². The molecule has 4 aliphatic rings. The molecule has 1 nitrogen and oxygen atoms in total. The van der Waals surface area contributed by atoms with Crippen LogP contribution in [0.2, 0.25) is 0 Å². The fourth-order valence-electron chi connectivity index (χ4n) is 11.3. The van der Waals surface area contributed by atoms with Gasteiger partial charge < -0.3 is 4.74 Å². The van der Waals surface area contributed by atoms with Gasteiger partial charge in [-0.2, -0.15) is 0 Å². The first-order valence-corrected chi connectivity index (χ1v) is 20.6. The van der Waals surface area contributed by atoms with Gasteiger partial charge >= 0.3 is 0 Å². The molecule has 44 heavy (non-hydrogen) atoms. The minimum absolute atomic E-state index is 0.458. The molecule has 3 saturated carbocycles. The lowest BCUT2D eigenvalue weighted by atomic mass is 9.49. The van der Waals surface area contributed by atoms with Crippen molar-refractivity contribution in [3.63, 3.8) is 0 Å². The number of rotatable bonds is 21. The van der Waals surface area contributed by atoms with Gasteiger partial charge in [-0.25, -0.2) is 0 Å². The van der Waals surface area contributed by atoms with Crippen molar-refractivity contribution in [3.05, 3.63) is 11.6 Å². The fraction of sp³-hybridized carbons (Fsp3) is 0.953. The number of hydrogen-bond donors (Lipinski definition) is 0. The lowest BCUT2D eigenvalue weighted by Gasteiger charge is -2.58. The highest BCUT2D eigenvalue weighted by Gasteiger charge is 2.59. The minimum Gasteiger partial charge on any atom is -0.378 e. The third-order valence-electron chi connectivity index (χ3n) is 14.1. The summed E-state index contributed by atoms with van der Waals surface area (Å²) in [4.78, 5) is 0. The van der Waals surface area contributed by atoms with E-state index in [9.17, 15) is 0 Å². The molecule has 0 saturated heterocycles. The van der Waals surface area contributed by atoms with Crippen LogP contribution < -0.4 is 0 Å². The summed E-state index contributed by atoms with van der Waals surface area (Å²) in [6, 6.07) is 0. The van der Waals surface area contributed by atoms with Crippen LogP contribution in [-0.2, 0) is 4.74 Å². The first kappa shape index (κ1) is 36.5. The number of fused-ring (bicyclic) bond motifs is 5. The van der Waals surface area contributed by atoms with Crippen molar-refractivity contribution in [2.45, 2.75) is 208 Å². The van der Waals surface area contributed by atoms with Crippen LogP contribution >= 0.6 is 0 Å². The largest absolute Gasteiger partial charge is 0.378 e. The van der Waals surface area contributed by atoms with Crippen molar-refractivity contribution in [2.75, 3.05) is 6.61 Å². The second-order valence-corrected chi connectivity index (χ2v) is 17.6. The van der Waals surface area contributed by atoms with Gasteiger partial charge in [0.2, 0.25) is 0 Å². The van der Waals surface area contributed by atoms with Gasteiger partial charge in [-0.05, 0) is 104 Å². The third-order valence-corrected chi connectivity index (χ3v) is 14.1. The summed E-state index contributed by atoms with van der Waals surface area (Å²) in [5.41, 5.74) is 2.87. The zero-order chi connectivity index (χ0) is 31.4. The molecule has 4 rings (SSSR count). The van der Waals surface area contributed by atoms with E-state index in [4.69, 9.17) is 4.74 Å². The Balaban J connectivity index is 1.11. The Morgan fingerprint density at radius 1 is 0.750 bits per heavy atom. The quantitative estimate of drug-likeness (QED) is 0.0925. The molecule has 1 heteroatoms. The number of hydrogen-bond acceptors (Lipinski definition) is 1. The number of allylic oxidation sites excluding steroid dienone is 1. The molecule has 0 spiro atoms. The third kappa shape index (κ3) is 9.63. The predicted octanol–water partition coefficient (Wildman–Crippen LogP) is 13.9. The summed E-state index contributed by atoms with van der Waals surface area (Å²) in [5.74, 6) is 5.60. The predicted molar refractivity (Wildman–Crippen MR) is 193 cm³/mol. The number of unbranched alkanes of at least 4 members (excludes halogenated alkanes) is 13.